The highest BCUT2D eigenvalue weighted by atomic mass is 16.7. The summed E-state index contributed by atoms with van der Waals surface area (Å²) < 4.78 is 17.2. The number of aromatic nitrogens is 2. The number of fused-ring (bicyclic) bond motifs is 1. The second-order valence-electron chi connectivity index (χ2n) is 7.50. The average molecular weight is 451 g/mol. The summed E-state index contributed by atoms with van der Waals surface area (Å²) >= 11 is 0. The van der Waals surface area contributed by atoms with E-state index in [0.717, 1.165) is 0 Å². The predicted molar refractivity (Wildman–Crippen MR) is 116 cm³/mol. The summed E-state index contributed by atoms with van der Waals surface area (Å²) in [4.78, 5) is 40.3. The Hall–Kier alpha value is -4.28. The second-order valence-corrected chi connectivity index (χ2v) is 7.50. The highest BCUT2D eigenvalue weighted by molar-refractivity contribution is 5.96. The van der Waals surface area contributed by atoms with Crippen LogP contribution in [0.2, 0.25) is 0 Å². The molecule has 3 aromatic rings. The van der Waals surface area contributed by atoms with Gasteiger partial charge in [0.25, 0.3) is 5.56 Å². The van der Waals surface area contributed by atoms with Crippen molar-refractivity contribution < 1.29 is 23.5 Å². The number of hydrogen-bond donors (Lipinski definition) is 1. The van der Waals surface area contributed by atoms with Gasteiger partial charge in [0.15, 0.2) is 17.3 Å². The van der Waals surface area contributed by atoms with E-state index in [1.54, 1.807) is 41.3 Å². The standard InChI is InChI=1S/C22H21N5O6/c28-20(23-7-8-27-21(29)6-4-16(24-27)17-2-1-11-31-17)13-25-9-10-26(22(25)30)15-3-5-18-19(12-15)33-14-32-18/h1-6,11-12H,7-10,13-14H2,(H,23,28). The lowest BCUT2D eigenvalue weighted by molar-refractivity contribution is -0.121. The summed E-state index contributed by atoms with van der Waals surface area (Å²) in [6.45, 7) is 1.36. The smallest absolute Gasteiger partial charge is 0.325 e. The second kappa shape index (κ2) is 8.69. The van der Waals surface area contributed by atoms with E-state index in [1.807, 2.05) is 0 Å². The highest BCUT2D eigenvalue weighted by Gasteiger charge is 2.31. The van der Waals surface area contributed by atoms with Gasteiger partial charge in [-0.15, -0.1) is 0 Å². The molecule has 1 aromatic carbocycles. The van der Waals surface area contributed by atoms with E-state index in [4.69, 9.17) is 13.9 Å². The molecule has 0 aliphatic carbocycles. The molecule has 0 unspecified atom stereocenters. The van der Waals surface area contributed by atoms with Crippen LogP contribution in [0.3, 0.4) is 0 Å². The van der Waals surface area contributed by atoms with Crippen molar-refractivity contribution in [1.82, 2.24) is 20.0 Å². The fraction of sp³-hybridized carbons (Fsp3) is 0.273. The molecular formula is C22H21N5O6. The molecule has 0 spiro atoms. The number of carbonyl (C=O) groups is 2. The minimum Gasteiger partial charge on any atom is -0.463 e. The molecule has 11 nitrogen and oxygen atoms in total. The summed E-state index contributed by atoms with van der Waals surface area (Å²) in [5, 5.41) is 7.00. The van der Waals surface area contributed by atoms with Gasteiger partial charge in [-0.2, -0.15) is 5.10 Å². The first-order valence-electron chi connectivity index (χ1n) is 10.4. The summed E-state index contributed by atoms with van der Waals surface area (Å²) in [7, 11) is 0. The van der Waals surface area contributed by atoms with Gasteiger partial charge in [0.2, 0.25) is 12.7 Å². The molecule has 2 aliphatic rings. The van der Waals surface area contributed by atoms with Gasteiger partial charge in [-0.1, -0.05) is 0 Å². The molecule has 1 N–H and O–H groups in total. The Morgan fingerprint density at radius 2 is 1.94 bits per heavy atom. The minimum atomic E-state index is -0.314. The third kappa shape index (κ3) is 4.25. The Balaban J connectivity index is 1.14. The van der Waals surface area contributed by atoms with E-state index in [-0.39, 0.29) is 43.9 Å². The Kier molecular flexibility index (Phi) is 5.43. The van der Waals surface area contributed by atoms with Crippen molar-refractivity contribution in [1.29, 1.82) is 0 Å². The molecule has 3 amide bonds. The van der Waals surface area contributed by atoms with Crippen LogP contribution in [0.1, 0.15) is 0 Å². The number of benzene rings is 1. The molecule has 170 valence electrons. The van der Waals surface area contributed by atoms with Crippen LogP contribution in [0.25, 0.3) is 11.5 Å². The van der Waals surface area contributed by atoms with Gasteiger partial charge in [-0.05, 0) is 30.3 Å². The molecule has 0 bridgehead atoms. The fourth-order valence-corrected chi connectivity index (χ4v) is 3.72. The van der Waals surface area contributed by atoms with Crippen molar-refractivity contribution in [2.24, 2.45) is 0 Å². The molecule has 1 fully saturated rings. The zero-order valence-electron chi connectivity index (χ0n) is 17.6. The van der Waals surface area contributed by atoms with Crippen LogP contribution < -0.4 is 25.2 Å². The van der Waals surface area contributed by atoms with Gasteiger partial charge in [0.05, 0.1) is 12.8 Å². The van der Waals surface area contributed by atoms with Gasteiger partial charge in [-0.3, -0.25) is 14.5 Å². The van der Waals surface area contributed by atoms with Crippen molar-refractivity contribution in [3.8, 4) is 23.0 Å². The molecule has 4 heterocycles. The first-order chi connectivity index (χ1) is 16.1. The third-order valence-corrected chi connectivity index (χ3v) is 5.38. The van der Waals surface area contributed by atoms with Crippen molar-refractivity contribution >= 4 is 17.6 Å². The lowest BCUT2D eigenvalue weighted by atomic mass is 10.2. The Bertz CT molecular complexity index is 1240. The van der Waals surface area contributed by atoms with Crippen LogP contribution in [0, 0.1) is 0 Å². The monoisotopic (exact) mass is 451 g/mol. The van der Waals surface area contributed by atoms with Gasteiger partial charge in [0, 0.05) is 37.5 Å². The number of hydrogen-bond acceptors (Lipinski definition) is 7. The minimum absolute atomic E-state index is 0.0748. The quantitative estimate of drug-likeness (QED) is 0.575. The molecule has 2 aliphatic heterocycles. The maximum atomic E-state index is 12.8. The zero-order chi connectivity index (χ0) is 22.8. The maximum absolute atomic E-state index is 12.8. The van der Waals surface area contributed by atoms with Crippen molar-refractivity contribution in [3.05, 3.63) is 59.1 Å². The SMILES string of the molecule is O=C(CN1CCN(c2ccc3c(c2)OCO3)C1=O)NCCn1nc(-c2ccco2)ccc1=O. The molecule has 11 heteroatoms. The molecule has 1 saturated heterocycles. The van der Waals surface area contributed by atoms with E-state index in [2.05, 4.69) is 10.4 Å². The van der Waals surface area contributed by atoms with Crippen LogP contribution in [0.4, 0.5) is 10.5 Å². The maximum Gasteiger partial charge on any atom is 0.325 e. The summed E-state index contributed by atoms with van der Waals surface area (Å²) in [5.41, 5.74) is 0.930. The van der Waals surface area contributed by atoms with Crippen molar-refractivity contribution in [2.75, 3.05) is 37.9 Å². The highest BCUT2D eigenvalue weighted by Crippen LogP contribution is 2.36. The lowest BCUT2D eigenvalue weighted by Crippen LogP contribution is -2.41. The van der Waals surface area contributed by atoms with E-state index in [1.165, 1.54) is 21.9 Å². The summed E-state index contributed by atoms with van der Waals surface area (Å²) in [6.07, 6.45) is 1.53. The van der Waals surface area contributed by atoms with Crippen LogP contribution in [0.5, 0.6) is 11.5 Å². The number of rotatable bonds is 7. The summed E-state index contributed by atoms with van der Waals surface area (Å²) in [6, 6.07) is 11.5. The Labute approximate surface area is 188 Å². The number of furan rings is 1. The van der Waals surface area contributed by atoms with E-state index < -0.39 is 0 Å². The number of anilines is 1. The van der Waals surface area contributed by atoms with Crippen molar-refractivity contribution in [2.45, 2.75) is 6.54 Å². The number of carbonyl (C=O) groups excluding carboxylic acids is 2. The van der Waals surface area contributed by atoms with Crippen LogP contribution in [0.15, 0.2) is 57.9 Å². The van der Waals surface area contributed by atoms with E-state index >= 15 is 0 Å². The largest absolute Gasteiger partial charge is 0.463 e. The molecule has 33 heavy (non-hydrogen) atoms. The van der Waals surface area contributed by atoms with E-state index in [9.17, 15) is 14.4 Å². The van der Waals surface area contributed by atoms with Gasteiger partial charge in [-0.25, -0.2) is 9.48 Å². The number of nitrogens with one attached hydrogen (secondary N) is 1. The molecule has 2 aromatic heterocycles. The lowest BCUT2D eigenvalue weighted by Gasteiger charge is -2.18. The van der Waals surface area contributed by atoms with E-state index in [0.29, 0.717) is 41.7 Å². The number of ether oxygens (including phenoxy) is 2. The van der Waals surface area contributed by atoms with Gasteiger partial charge < -0.3 is 24.1 Å². The third-order valence-electron chi connectivity index (χ3n) is 5.38. The van der Waals surface area contributed by atoms with Gasteiger partial charge in [0.1, 0.15) is 12.2 Å². The topological polar surface area (TPSA) is 119 Å². The molecule has 5 rings (SSSR count). The average Bonchev–Trinajstić information content (AvgIpc) is 3.57. The predicted octanol–water partition coefficient (Wildman–Crippen LogP) is 1.29. The molecule has 0 saturated carbocycles. The van der Waals surface area contributed by atoms with Crippen LogP contribution >= 0.6 is 0 Å². The first-order valence-corrected chi connectivity index (χ1v) is 10.4. The van der Waals surface area contributed by atoms with Crippen LogP contribution in [-0.4, -0.2) is 59.6 Å². The Morgan fingerprint density at radius 3 is 2.79 bits per heavy atom. The van der Waals surface area contributed by atoms with Crippen LogP contribution in [-0.2, 0) is 11.3 Å². The van der Waals surface area contributed by atoms with Crippen molar-refractivity contribution in [3.63, 3.8) is 0 Å². The van der Waals surface area contributed by atoms with Gasteiger partial charge >= 0.3 is 6.03 Å². The molecule has 0 atom stereocenters. The normalized spacial score (nSPS) is 14.7. The zero-order valence-corrected chi connectivity index (χ0v) is 17.6. The molecular weight excluding hydrogens is 430 g/mol. The number of urea groups is 1. The fourth-order valence-electron chi connectivity index (χ4n) is 3.72. The molecule has 0 radical (unpaired) electrons. The number of nitrogens with zero attached hydrogens (tertiary/aromatic N) is 4. The number of amides is 3. The first kappa shape index (κ1) is 20.6. The Morgan fingerprint density at radius 1 is 1.06 bits per heavy atom. The summed E-state index contributed by atoms with van der Waals surface area (Å²) in [5.74, 6) is 1.47.